The van der Waals surface area contributed by atoms with Gasteiger partial charge < -0.3 is 5.11 Å². The van der Waals surface area contributed by atoms with Crippen molar-refractivity contribution in [2.24, 2.45) is 0 Å². The lowest BCUT2D eigenvalue weighted by atomic mass is 10.1. The van der Waals surface area contributed by atoms with E-state index in [4.69, 9.17) is 5.11 Å². The average Bonchev–Trinajstić information content (AvgIpc) is 2.42. The molecule has 1 aliphatic heterocycles. The Morgan fingerprint density at radius 1 is 1.14 bits per heavy atom. The van der Waals surface area contributed by atoms with E-state index < -0.39 is 32.2 Å². The van der Waals surface area contributed by atoms with Gasteiger partial charge in [0.2, 0.25) is 10.0 Å². The molecule has 130 valence electrons. The summed E-state index contributed by atoms with van der Waals surface area (Å²) in [7, 11) is -7.29. The second-order valence-electron chi connectivity index (χ2n) is 5.22. The summed E-state index contributed by atoms with van der Waals surface area (Å²) in [5, 5.41) is 9.08. The largest absolute Gasteiger partial charge is 0.480 e. The van der Waals surface area contributed by atoms with Crippen molar-refractivity contribution in [1.82, 2.24) is 13.3 Å². The fourth-order valence-electron chi connectivity index (χ4n) is 2.14. The van der Waals surface area contributed by atoms with E-state index in [1.54, 1.807) is 0 Å². The van der Waals surface area contributed by atoms with Gasteiger partial charge in [-0.2, -0.15) is 21.8 Å². The molecule has 1 rings (SSSR count). The monoisotopic (exact) mass is 357 g/mol. The predicted molar refractivity (Wildman–Crippen MR) is 81.0 cm³/mol. The molecule has 2 N–H and O–H groups in total. The molecule has 1 atom stereocenters. The molecule has 11 heteroatoms. The zero-order valence-electron chi connectivity index (χ0n) is 12.7. The van der Waals surface area contributed by atoms with Gasteiger partial charge >= 0.3 is 5.97 Å². The third-order valence-electron chi connectivity index (χ3n) is 3.44. The fourth-order valence-corrected chi connectivity index (χ4v) is 4.34. The lowest BCUT2D eigenvalue weighted by Crippen LogP contribution is -2.55. The van der Waals surface area contributed by atoms with E-state index in [0.717, 1.165) is 17.0 Å². The summed E-state index contributed by atoms with van der Waals surface area (Å²) in [6.45, 7) is 2.02. The number of nitrogens with zero attached hydrogens (tertiary/aromatic N) is 2. The average molecular weight is 357 g/mol. The van der Waals surface area contributed by atoms with Crippen LogP contribution in [-0.4, -0.2) is 75.0 Å². The lowest BCUT2D eigenvalue weighted by Gasteiger charge is -2.33. The number of hydrogen-bond acceptors (Lipinski definition) is 5. The number of carboxylic acids is 1. The van der Waals surface area contributed by atoms with Crippen LogP contribution in [0.25, 0.3) is 0 Å². The van der Waals surface area contributed by atoms with Crippen LogP contribution >= 0.6 is 0 Å². The number of nitrogens with one attached hydrogen (secondary N) is 1. The number of sulfonamides is 1. The molecule has 0 bridgehead atoms. The first-order valence-corrected chi connectivity index (χ1v) is 10.3. The lowest BCUT2D eigenvalue weighted by molar-refractivity contribution is -0.139. The van der Waals surface area contributed by atoms with Crippen LogP contribution < -0.4 is 4.72 Å². The van der Waals surface area contributed by atoms with Crippen molar-refractivity contribution >= 4 is 26.2 Å². The Bertz CT molecular complexity index is 581. The summed E-state index contributed by atoms with van der Waals surface area (Å²) >= 11 is 0. The molecule has 0 amide bonds. The molecule has 1 aliphatic rings. The molecule has 0 aromatic rings. The number of carbonyl (C=O) groups is 1. The normalized spacial score (nSPS) is 19.9. The van der Waals surface area contributed by atoms with Gasteiger partial charge in [-0.05, 0) is 6.42 Å². The zero-order valence-corrected chi connectivity index (χ0v) is 14.4. The highest BCUT2D eigenvalue weighted by molar-refractivity contribution is 7.88. The van der Waals surface area contributed by atoms with Crippen molar-refractivity contribution in [3.8, 4) is 0 Å². The highest BCUT2D eigenvalue weighted by Crippen LogP contribution is 2.11. The summed E-state index contributed by atoms with van der Waals surface area (Å²) in [6, 6.07) is -1.17. The van der Waals surface area contributed by atoms with Crippen LogP contribution in [0.4, 0.5) is 0 Å². The summed E-state index contributed by atoms with van der Waals surface area (Å²) < 4.78 is 51.7. The molecule has 0 radical (unpaired) electrons. The first-order chi connectivity index (χ1) is 10.1. The van der Waals surface area contributed by atoms with Gasteiger partial charge in [0.25, 0.3) is 10.2 Å². The Balaban J connectivity index is 2.69. The minimum absolute atomic E-state index is 0.00250. The number of rotatable bonds is 8. The standard InChI is InChI=1S/C11H23N3O6S2/c1-3-4-5-10(11(15)16)12-22(19,20)14-8-6-13(7-9-14)21(2,17)18/h10,12H,3-9H2,1-2H3,(H,15,16)/t10-/m0/s1. The third-order valence-corrected chi connectivity index (χ3v) is 6.37. The molecule has 0 aromatic heterocycles. The quantitative estimate of drug-likeness (QED) is 0.577. The first kappa shape index (κ1) is 19.3. The number of unbranched alkanes of at least 4 members (excludes halogenated alkanes) is 1. The molecule has 0 saturated carbocycles. The van der Waals surface area contributed by atoms with Crippen molar-refractivity contribution in [1.29, 1.82) is 0 Å². The van der Waals surface area contributed by atoms with Crippen molar-refractivity contribution in [3.05, 3.63) is 0 Å². The van der Waals surface area contributed by atoms with E-state index in [9.17, 15) is 21.6 Å². The number of hydrogen-bond donors (Lipinski definition) is 2. The zero-order chi connectivity index (χ0) is 17.0. The predicted octanol–water partition coefficient (Wildman–Crippen LogP) is -0.959. The second-order valence-corrected chi connectivity index (χ2v) is 8.90. The highest BCUT2D eigenvalue weighted by atomic mass is 32.2. The van der Waals surface area contributed by atoms with E-state index in [0.29, 0.717) is 6.42 Å². The third kappa shape index (κ3) is 5.47. The SMILES string of the molecule is CCCC[C@H](NS(=O)(=O)N1CCN(S(C)(=O)=O)CC1)C(=O)O. The smallest absolute Gasteiger partial charge is 0.321 e. The molecule has 1 heterocycles. The van der Waals surface area contributed by atoms with Crippen molar-refractivity contribution < 1.29 is 26.7 Å². The van der Waals surface area contributed by atoms with E-state index in [2.05, 4.69) is 4.72 Å². The van der Waals surface area contributed by atoms with E-state index in [1.165, 1.54) is 4.31 Å². The highest BCUT2D eigenvalue weighted by Gasteiger charge is 2.33. The van der Waals surface area contributed by atoms with Crippen LogP contribution in [-0.2, 0) is 25.0 Å². The Morgan fingerprint density at radius 3 is 2.05 bits per heavy atom. The topological polar surface area (TPSA) is 124 Å². The molecule has 22 heavy (non-hydrogen) atoms. The first-order valence-electron chi connectivity index (χ1n) is 7.03. The number of piperazine rings is 1. The summed E-state index contributed by atoms with van der Waals surface area (Å²) in [4.78, 5) is 11.1. The van der Waals surface area contributed by atoms with Crippen molar-refractivity contribution in [2.75, 3.05) is 32.4 Å². The van der Waals surface area contributed by atoms with Gasteiger partial charge in [-0.3, -0.25) is 4.79 Å². The van der Waals surface area contributed by atoms with Gasteiger partial charge in [0.15, 0.2) is 0 Å². The molecule has 0 aliphatic carbocycles. The van der Waals surface area contributed by atoms with Gasteiger partial charge in [-0.15, -0.1) is 0 Å². The van der Waals surface area contributed by atoms with Crippen LogP contribution in [0.15, 0.2) is 0 Å². The maximum Gasteiger partial charge on any atom is 0.321 e. The van der Waals surface area contributed by atoms with Crippen LogP contribution in [0, 0.1) is 0 Å². The Labute approximate surface area is 131 Å². The van der Waals surface area contributed by atoms with Gasteiger partial charge in [-0.1, -0.05) is 19.8 Å². The minimum Gasteiger partial charge on any atom is -0.480 e. The second kappa shape index (κ2) is 7.68. The summed E-state index contributed by atoms with van der Waals surface area (Å²) in [5.74, 6) is -1.22. The maximum atomic E-state index is 12.2. The maximum absolute atomic E-state index is 12.2. The Kier molecular flexibility index (Phi) is 6.74. The van der Waals surface area contributed by atoms with Gasteiger partial charge in [0.05, 0.1) is 6.26 Å². The molecule has 0 spiro atoms. The molecule has 0 aromatic carbocycles. The van der Waals surface area contributed by atoms with E-state index in [1.807, 2.05) is 6.92 Å². The Hall–Kier alpha value is -0.750. The van der Waals surface area contributed by atoms with Crippen LogP contribution in [0.3, 0.4) is 0 Å². The molecule has 9 nitrogen and oxygen atoms in total. The van der Waals surface area contributed by atoms with Crippen LogP contribution in [0.5, 0.6) is 0 Å². The molecular weight excluding hydrogens is 334 g/mol. The van der Waals surface area contributed by atoms with Crippen LogP contribution in [0.1, 0.15) is 26.2 Å². The number of aliphatic carboxylic acids is 1. The molecule has 1 fully saturated rings. The number of carboxylic acid groups (broad SMARTS) is 1. The molecule has 1 saturated heterocycles. The fraction of sp³-hybridized carbons (Fsp3) is 0.909. The van der Waals surface area contributed by atoms with Gasteiger partial charge in [-0.25, -0.2) is 8.42 Å². The summed E-state index contributed by atoms with van der Waals surface area (Å²) in [6.07, 6.45) is 2.65. The van der Waals surface area contributed by atoms with Gasteiger partial charge in [0, 0.05) is 26.2 Å². The van der Waals surface area contributed by atoms with Gasteiger partial charge in [0.1, 0.15) is 6.04 Å². The van der Waals surface area contributed by atoms with Crippen LogP contribution in [0.2, 0.25) is 0 Å². The minimum atomic E-state index is -3.95. The Morgan fingerprint density at radius 2 is 1.64 bits per heavy atom. The van der Waals surface area contributed by atoms with Crippen molar-refractivity contribution in [2.45, 2.75) is 32.2 Å². The van der Waals surface area contributed by atoms with Crippen molar-refractivity contribution in [3.63, 3.8) is 0 Å². The van der Waals surface area contributed by atoms with E-state index in [-0.39, 0.29) is 32.6 Å². The molecular formula is C11H23N3O6S2. The van der Waals surface area contributed by atoms with E-state index >= 15 is 0 Å². The summed E-state index contributed by atoms with van der Waals surface area (Å²) in [5.41, 5.74) is 0. The molecule has 0 unspecified atom stereocenters.